The van der Waals surface area contributed by atoms with Crippen LogP contribution in [0.3, 0.4) is 0 Å². The van der Waals surface area contributed by atoms with Gasteiger partial charge in [-0.3, -0.25) is 9.59 Å². The van der Waals surface area contributed by atoms with E-state index in [1.807, 2.05) is 13.0 Å². The maximum absolute atomic E-state index is 12.6. The van der Waals surface area contributed by atoms with Crippen molar-refractivity contribution in [3.05, 3.63) is 54.1 Å². The highest BCUT2D eigenvalue weighted by molar-refractivity contribution is 6.16. The fourth-order valence-electron chi connectivity index (χ4n) is 2.61. The number of benzene rings is 2. The quantitative estimate of drug-likeness (QED) is 0.783. The van der Waals surface area contributed by atoms with E-state index in [0.29, 0.717) is 36.4 Å². The second kappa shape index (κ2) is 7.28. The Morgan fingerprint density at radius 1 is 1.00 bits per heavy atom. The van der Waals surface area contributed by atoms with Crippen molar-refractivity contribution < 1.29 is 14.3 Å². The molecule has 6 nitrogen and oxygen atoms in total. The van der Waals surface area contributed by atoms with Crippen LogP contribution in [0.4, 0.5) is 11.4 Å². The van der Waals surface area contributed by atoms with Crippen molar-refractivity contribution in [3.8, 4) is 11.8 Å². The molecule has 0 bridgehead atoms. The molecule has 2 amide bonds. The zero-order chi connectivity index (χ0) is 18.6. The maximum atomic E-state index is 12.6. The first kappa shape index (κ1) is 17.5. The van der Waals surface area contributed by atoms with E-state index in [2.05, 4.69) is 10.6 Å². The van der Waals surface area contributed by atoms with Crippen LogP contribution in [0, 0.1) is 16.7 Å². The smallest absolute Gasteiger partial charge is 0.240 e. The molecule has 26 heavy (non-hydrogen) atoms. The number of hydrogen-bond acceptors (Lipinski definition) is 4. The summed E-state index contributed by atoms with van der Waals surface area (Å²) in [6.45, 7) is 2.48. The van der Waals surface area contributed by atoms with E-state index in [1.54, 1.807) is 48.5 Å². The van der Waals surface area contributed by atoms with E-state index in [9.17, 15) is 9.59 Å². The normalized spacial score (nSPS) is 14.0. The van der Waals surface area contributed by atoms with Gasteiger partial charge in [-0.1, -0.05) is 0 Å². The molecule has 0 radical (unpaired) electrons. The Balaban J connectivity index is 1.64. The fraction of sp³-hybridized carbons (Fsp3) is 0.250. The van der Waals surface area contributed by atoms with E-state index in [1.165, 1.54) is 0 Å². The van der Waals surface area contributed by atoms with Crippen molar-refractivity contribution >= 4 is 23.2 Å². The van der Waals surface area contributed by atoms with Gasteiger partial charge in [0, 0.05) is 11.4 Å². The third kappa shape index (κ3) is 3.67. The molecular formula is C20H19N3O3. The number of nitrogens with one attached hydrogen (secondary N) is 2. The van der Waals surface area contributed by atoms with Crippen LogP contribution < -0.4 is 15.4 Å². The molecule has 1 aliphatic rings. The van der Waals surface area contributed by atoms with Crippen molar-refractivity contribution in [2.45, 2.75) is 19.8 Å². The van der Waals surface area contributed by atoms with Crippen molar-refractivity contribution in [1.29, 1.82) is 5.26 Å². The van der Waals surface area contributed by atoms with Gasteiger partial charge in [0.25, 0.3) is 0 Å². The monoisotopic (exact) mass is 349 g/mol. The Labute approximate surface area is 151 Å². The lowest BCUT2D eigenvalue weighted by Crippen LogP contribution is -2.35. The number of nitrogens with zero attached hydrogens (tertiary/aromatic N) is 1. The third-order valence-corrected chi connectivity index (χ3v) is 4.31. The number of anilines is 2. The van der Waals surface area contributed by atoms with Crippen LogP contribution in [-0.4, -0.2) is 18.4 Å². The average molecular weight is 349 g/mol. The summed E-state index contributed by atoms with van der Waals surface area (Å²) in [5.41, 5.74) is 0.661. The summed E-state index contributed by atoms with van der Waals surface area (Å²) < 4.78 is 5.37. The van der Waals surface area contributed by atoms with Crippen LogP contribution in [0.15, 0.2) is 48.5 Å². The molecule has 0 aromatic heterocycles. The predicted octanol–water partition coefficient (Wildman–Crippen LogP) is 3.31. The first-order valence-electron chi connectivity index (χ1n) is 8.43. The lowest BCUT2D eigenvalue weighted by atomic mass is 10.0. The largest absolute Gasteiger partial charge is 0.494 e. The average Bonchev–Trinajstić information content (AvgIpc) is 3.46. The van der Waals surface area contributed by atoms with E-state index < -0.39 is 5.41 Å². The summed E-state index contributed by atoms with van der Waals surface area (Å²) in [7, 11) is 0. The van der Waals surface area contributed by atoms with E-state index >= 15 is 0 Å². The Hall–Kier alpha value is -3.33. The standard InChI is InChI=1S/C20H19N3O3/c1-2-26-17-9-7-16(8-10-17)23-19(25)20(11-12-20)18(24)22-15-5-3-14(13-21)4-6-15/h3-10H,2,11-12H2,1H3,(H,22,24)(H,23,25). The minimum Gasteiger partial charge on any atom is -0.494 e. The molecule has 0 unspecified atom stereocenters. The van der Waals surface area contributed by atoms with Crippen molar-refractivity contribution in [3.63, 3.8) is 0 Å². The molecule has 1 saturated carbocycles. The zero-order valence-electron chi connectivity index (χ0n) is 14.4. The molecule has 3 rings (SSSR count). The summed E-state index contributed by atoms with van der Waals surface area (Å²) >= 11 is 0. The molecule has 1 fully saturated rings. The summed E-state index contributed by atoms with van der Waals surface area (Å²) in [6.07, 6.45) is 1.02. The Morgan fingerprint density at radius 3 is 1.92 bits per heavy atom. The molecule has 132 valence electrons. The zero-order valence-corrected chi connectivity index (χ0v) is 14.4. The van der Waals surface area contributed by atoms with E-state index in [-0.39, 0.29) is 11.8 Å². The van der Waals surface area contributed by atoms with Crippen molar-refractivity contribution in [2.24, 2.45) is 5.41 Å². The topological polar surface area (TPSA) is 91.2 Å². The van der Waals surface area contributed by atoms with Crippen molar-refractivity contribution in [2.75, 3.05) is 17.2 Å². The first-order chi connectivity index (χ1) is 12.6. The lowest BCUT2D eigenvalue weighted by molar-refractivity contribution is -0.131. The van der Waals surface area contributed by atoms with Gasteiger partial charge in [0.05, 0.1) is 18.2 Å². The van der Waals surface area contributed by atoms with Gasteiger partial charge in [-0.2, -0.15) is 5.26 Å². The molecule has 2 aromatic rings. The molecule has 0 atom stereocenters. The van der Waals surface area contributed by atoms with Gasteiger partial charge in [0.2, 0.25) is 11.8 Å². The minimum absolute atomic E-state index is 0.312. The van der Waals surface area contributed by atoms with Gasteiger partial charge in [0.15, 0.2) is 0 Å². The Bertz CT molecular complexity index is 847. The molecule has 6 heteroatoms. The summed E-state index contributed by atoms with van der Waals surface area (Å²) in [4.78, 5) is 25.2. The second-order valence-electron chi connectivity index (χ2n) is 6.14. The molecule has 0 saturated heterocycles. The van der Waals surface area contributed by atoms with E-state index in [4.69, 9.17) is 10.00 Å². The number of carbonyl (C=O) groups excluding carboxylic acids is 2. The molecule has 0 aliphatic heterocycles. The highest BCUT2D eigenvalue weighted by Crippen LogP contribution is 2.47. The number of rotatable bonds is 6. The summed E-state index contributed by atoms with van der Waals surface area (Å²) in [5, 5.41) is 14.4. The minimum atomic E-state index is -1.04. The fourth-order valence-corrected chi connectivity index (χ4v) is 2.61. The highest BCUT2D eigenvalue weighted by Gasteiger charge is 2.56. The molecule has 2 N–H and O–H groups in total. The molecule has 1 aliphatic carbocycles. The molecule has 2 aromatic carbocycles. The predicted molar refractivity (Wildman–Crippen MR) is 97.7 cm³/mol. The number of carbonyl (C=O) groups is 2. The van der Waals surface area contributed by atoms with Crippen LogP contribution >= 0.6 is 0 Å². The van der Waals surface area contributed by atoms with Gasteiger partial charge in [-0.15, -0.1) is 0 Å². The van der Waals surface area contributed by atoms with Gasteiger partial charge >= 0.3 is 0 Å². The van der Waals surface area contributed by atoms with Crippen LogP contribution in [-0.2, 0) is 9.59 Å². The number of amides is 2. The molecule has 0 heterocycles. The van der Waals surface area contributed by atoms with Gasteiger partial charge in [-0.25, -0.2) is 0 Å². The van der Waals surface area contributed by atoms with Crippen LogP contribution in [0.1, 0.15) is 25.3 Å². The van der Waals surface area contributed by atoms with Crippen LogP contribution in [0.2, 0.25) is 0 Å². The van der Waals surface area contributed by atoms with Crippen molar-refractivity contribution in [1.82, 2.24) is 0 Å². The summed E-state index contributed by atoms with van der Waals surface area (Å²) in [5.74, 6) is 0.0867. The maximum Gasteiger partial charge on any atom is 0.240 e. The van der Waals surface area contributed by atoms with Crippen LogP contribution in [0.25, 0.3) is 0 Å². The van der Waals surface area contributed by atoms with Gasteiger partial charge in [-0.05, 0) is 68.3 Å². The second-order valence-corrected chi connectivity index (χ2v) is 6.14. The first-order valence-corrected chi connectivity index (χ1v) is 8.43. The third-order valence-electron chi connectivity index (χ3n) is 4.31. The number of hydrogen-bond donors (Lipinski definition) is 2. The number of ether oxygens (including phenoxy) is 1. The molecular weight excluding hydrogens is 330 g/mol. The van der Waals surface area contributed by atoms with E-state index in [0.717, 1.165) is 5.75 Å². The Kier molecular flexibility index (Phi) is 4.90. The van der Waals surface area contributed by atoms with Crippen LogP contribution in [0.5, 0.6) is 5.75 Å². The Morgan fingerprint density at radius 2 is 1.50 bits per heavy atom. The molecule has 0 spiro atoms. The highest BCUT2D eigenvalue weighted by atomic mass is 16.5. The summed E-state index contributed by atoms with van der Waals surface area (Å²) in [6, 6.07) is 15.6. The number of nitriles is 1. The lowest BCUT2D eigenvalue weighted by Gasteiger charge is -2.16. The van der Waals surface area contributed by atoms with Gasteiger partial charge in [0.1, 0.15) is 11.2 Å². The SMILES string of the molecule is CCOc1ccc(NC(=O)C2(C(=O)Nc3ccc(C#N)cc3)CC2)cc1. The van der Waals surface area contributed by atoms with Gasteiger partial charge < -0.3 is 15.4 Å².